The fourth-order valence-corrected chi connectivity index (χ4v) is 9.44. The SMILES string of the molecule is CC[N+](CCCS(=O)(=O)[O-])=c1ccc2c(C(C)(C)C)cc(/C=C/C=C3/N(CCOCCOCCC(=O)ON4C(=O)CCC4=O)c4ccc(S(=O)(=O)[O-])cc4C3(C)CCCS(=O)(=O)[O-])oc-2c1.[Na+].[Na+]. The number of carbonyl (C=O) groups excluding carboxylic acids is 3. The van der Waals surface area contributed by atoms with Crippen molar-refractivity contribution in [3.05, 3.63) is 82.6 Å². The minimum atomic E-state index is -4.91. The normalized spacial score (nSPS) is 17.7. The summed E-state index contributed by atoms with van der Waals surface area (Å²) in [7, 11) is -13.9. The number of imide groups is 1. The molecule has 0 aromatic heterocycles. The van der Waals surface area contributed by atoms with Crippen LogP contribution in [0.1, 0.15) is 90.0 Å². The first-order valence-corrected chi connectivity index (χ1v) is 25.9. The molecule has 1 aromatic carbocycles. The molecule has 1 fully saturated rings. The third-order valence-electron chi connectivity index (χ3n) is 11.2. The van der Waals surface area contributed by atoms with E-state index >= 15 is 0 Å². The van der Waals surface area contributed by atoms with Crippen LogP contribution in [-0.4, -0.2) is 119 Å². The van der Waals surface area contributed by atoms with Crippen LogP contribution in [0.3, 0.4) is 0 Å². The molecule has 0 N–H and O–H groups in total. The van der Waals surface area contributed by atoms with E-state index in [0.717, 1.165) is 16.5 Å². The van der Waals surface area contributed by atoms with E-state index in [1.165, 1.54) is 18.2 Å². The van der Waals surface area contributed by atoms with Gasteiger partial charge in [-0.25, -0.2) is 34.6 Å². The molecule has 3 heterocycles. The van der Waals surface area contributed by atoms with Crippen molar-refractivity contribution < 1.29 is 131 Å². The Bertz CT molecular complexity index is 2740. The molecule has 0 bridgehead atoms. The van der Waals surface area contributed by atoms with Gasteiger partial charge >= 0.3 is 65.1 Å². The van der Waals surface area contributed by atoms with Crippen molar-refractivity contribution in [3.8, 4) is 11.3 Å². The maximum absolute atomic E-state index is 12.2. The number of ether oxygens (including phenoxy) is 2. The number of benzene rings is 2. The van der Waals surface area contributed by atoms with Crippen LogP contribution in [0.15, 0.2) is 69.6 Å². The summed E-state index contributed by atoms with van der Waals surface area (Å²) in [5.41, 5.74) is 1.86. The molecule has 24 heteroatoms. The summed E-state index contributed by atoms with van der Waals surface area (Å²) in [6, 6.07) is 11.6. The van der Waals surface area contributed by atoms with Crippen LogP contribution < -0.4 is 73.9 Å². The molecular weight excluding hydrogens is 969 g/mol. The van der Waals surface area contributed by atoms with Crippen molar-refractivity contribution in [2.24, 2.45) is 0 Å². The number of allylic oxidation sites excluding steroid dienone is 3. The Labute approximate surface area is 442 Å². The average Bonchev–Trinajstić information content (AvgIpc) is 3.65. The van der Waals surface area contributed by atoms with Gasteiger partial charge in [-0.3, -0.25) is 9.59 Å². The van der Waals surface area contributed by atoms with Crippen LogP contribution in [0, 0.1) is 0 Å². The number of amides is 2. The molecule has 3 aliphatic heterocycles. The van der Waals surface area contributed by atoms with Crippen LogP contribution in [0.5, 0.6) is 0 Å². The van der Waals surface area contributed by atoms with Crippen molar-refractivity contribution >= 4 is 59.9 Å². The van der Waals surface area contributed by atoms with Gasteiger partial charge in [-0.05, 0) is 85.7 Å². The number of hydroxylamine groups is 2. The van der Waals surface area contributed by atoms with E-state index in [4.69, 9.17) is 18.7 Å². The summed E-state index contributed by atoms with van der Waals surface area (Å²) in [4.78, 5) is 41.7. The molecule has 1 aromatic rings. The topological polar surface area (TPSA) is 273 Å². The molecule has 362 valence electrons. The van der Waals surface area contributed by atoms with E-state index < -0.39 is 70.0 Å². The number of hydrogen-bond donors (Lipinski definition) is 0. The third-order valence-corrected chi connectivity index (χ3v) is 13.6. The van der Waals surface area contributed by atoms with E-state index in [1.54, 1.807) is 25.2 Å². The maximum Gasteiger partial charge on any atom is 1.00 e. The van der Waals surface area contributed by atoms with Crippen LogP contribution >= 0.6 is 0 Å². The smallest absolute Gasteiger partial charge is 0.748 e. The van der Waals surface area contributed by atoms with Gasteiger partial charge in [-0.2, -0.15) is 0 Å². The van der Waals surface area contributed by atoms with Crippen molar-refractivity contribution in [1.29, 1.82) is 0 Å². The van der Waals surface area contributed by atoms with Gasteiger partial charge in [-0.1, -0.05) is 26.8 Å². The van der Waals surface area contributed by atoms with E-state index in [2.05, 4.69) is 20.8 Å². The number of hydrogen-bond acceptors (Lipinski definition) is 17. The van der Waals surface area contributed by atoms with Crippen molar-refractivity contribution in [2.45, 2.75) is 88.9 Å². The first-order chi connectivity index (χ1) is 30.8. The predicted molar refractivity (Wildman–Crippen MR) is 237 cm³/mol. The zero-order chi connectivity index (χ0) is 48.7. The number of fused-ring (bicyclic) bond motifs is 2. The number of rotatable bonds is 22. The second-order valence-corrected chi connectivity index (χ2v) is 21.5. The van der Waals surface area contributed by atoms with Gasteiger partial charge < -0.3 is 37.3 Å². The zero-order valence-electron chi connectivity index (χ0n) is 39.5. The maximum atomic E-state index is 12.2. The van der Waals surface area contributed by atoms with Gasteiger partial charge in [-0.15, -0.1) is 5.06 Å². The predicted octanol–water partition coefficient (Wildman–Crippen LogP) is -2.65. The fourth-order valence-electron chi connectivity index (χ4n) is 7.96. The standard InChI is InChI=1S/C44H57N3O16S3.2Na/c1-6-45(20-9-27-65(54,55)56)31-12-14-34-35(43(2,3)4)29-32(62-38(34)28-31)10-7-11-39-44(5,19-8-26-64(51,52)53)36-30-33(66(57,58)59)13-15-37(36)46(39)21-23-61-25-24-60-22-18-42(50)63-47-40(48)16-17-41(47)49;;/h7,10-15,28-30H,6,8-9,16-27H2,1-5H3,(H2-,51,52,53,54,55,56,57,58,59);;/q;2*+1/p-2. The van der Waals surface area contributed by atoms with Crippen molar-refractivity contribution in [3.63, 3.8) is 0 Å². The molecule has 1 unspecified atom stereocenters. The molecule has 2 amide bonds. The second-order valence-electron chi connectivity index (χ2n) is 17.1. The Hall–Kier alpha value is -2.81. The molecule has 1 aliphatic carbocycles. The van der Waals surface area contributed by atoms with Gasteiger partial charge in [0.2, 0.25) is 5.36 Å². The number of nitrogens with zero attached hydrogens (tertiary/aromatic N) is 3. The first-order valence-electron chi connectivity index (χ1n) is 21.3. The quantitative estimate of drug-likeness (QED) is 0.0327. The summed E-state index contributed by atoms with van der Waals surface area (Å²) in [5.74, 6) is -2.17. The van der Waals surface area contributed by atoms with Gasteiger partial charge in [0.1, 0.15) is 34.7 Å². The monoisotopic (exact) mass is 1020 g/mol. The largest absolute Gasteiger partial charge is 1.00 e. The van der Waals surface area contributed by atoms with E-state index in [9.17, 15) is 53.3 Å². The van der Waals surface area contributed by atoms with Crippen LogP contribution in [0.25, 0.3) is 17.4 Å². The molecule has 19 nitrogen and oxygen atoms in total. The molecule has 5 rings (SSSR count). The zero-order valence-corrected chi connectivity index (χ0v) is 45.9. The molecule has 0 spiro atoms. The summed E-state index contributed by atoms with van der Waals surface area (Å²) in [5, 5.41) is 1.22. The van der Waals surface area contributed by atoms with Crippen LogP contribution in [0.4, 0.5) is 5.69 Å². The molecule has 68 heavy (non-hydrogen) atoms. The van der Waals surface area contributed by atoms with Crippen LogP contribution in [-0.2, 0) is 69.9 Å². The number of carbonyl (C=O) groups is 3. The third kappa shape index (κ3) is 16.4. The Kier molecular flexibility index (Phi) is 21.9. The minimum Gasteiger partial charge on any atom is -0.748 e. The summed E-state index contributed by atoms with van der Waals surface area (Å²) in [6.45, 7) is 11.1. The summed E-state index contributed by atoms with van der Waals surface area (Å²) < 4.78 is 125. The first kappa shape index (κ1) is 59.5. The molecule has 0 saturated carbocycles. The fraction of sp³-hybridized carbons (Fsp3) is 0.500. The second kappa shape index (κ2) is 25.0. The Morgan fingerprint density at radius 2 is 1.50 bits per heavy atom. The molecule has 0 radical (unpaired) electrons. The van der Waals surface area contributed by atoms with Gasteiger partial charge in [0.05, 0.1) is 64.0 Å². The Morgan fingerprint density at radius 1 is 0.868 bits per heavy atom. The molecule has 1 saturated heterocycles. The Morgan fingerprint density at radius 3 is 2.10 bits per heavy atom. The summed E-state index contributed by atoms with van der Waals surface area (Å²) in [6.07, 6.45) is 5.07. The molecule has 4 aliphatic rings. The van der Waals surface area contributed by atoms with Gasteiger partial charge in [0, 0.05) is 65.7 Å². The Balaban J connectivity index is 0.00000612. The average molecular weight is 1020 g/mol. The van der Waals surface area contributed by atoms with Crippen molar-refractivity contribution in [1.82, 2.24) is 9.64 Å². The molecule has 1 atom stereocenters. The van der Waals surface area contributed by atoms with Crippen LogP contribution in [0.2, 0.25) is 0 Å². The molecular formula is C44H55N3Na2O16S3. The van der Waals surface area contributed by atoms with E-state index in [-0.39, 0.29) is 136 Å². The van der Waals surface area contributed by atoms with E-state index in [0.29, 0.717) is 46.6 Å². The summed E-state index contributed by atoms with van der Waals surface area (Å²) >= 11 is 0. The minimum absolute atomic E-state index is 0. The van der Waals surface area contributed by atoms with Crippen molar-refractivity contribution in [2.75, 3.05) is 62.5 Å². The van der Waals surface area contributed by atoms with Gasteiger partial charge in [0.25, 0.3) is 11.8 Å². The number of anilines is 1. The van der Waals surface area contributed by atoms with E-state index in [1.807, 2.05) is 40.7 Å². The van der Waals surface area contributed by atoms with Gasteiger partial charge in [0.15, 0.2) is 0 Å².